The fraction of sp³-hybridized carbons (Fsp3) is 0. The van der Waals surface area contributed by atoms with Crippen LogP contribution in [0.2, 0.25) is 0 Å². The Balaban J connectivity index is 2.00. The number of aromatic nitrogens is 1. The summed E-state index contributed by atoms with van der Waals surface area (Å²) < 4.78 is 0. The van der Waals surface area contributed by atoms with Gasteiger partial charge < -0.3 is 0 Å². The first-order chi connectivity index (χ1) is 12.9. The summed E-state index contributed by atoms with van der Waals surface area (Å²) in [6.45, 7) is -1.92. The van der Waals surface area contributed by atoms with E-state index in [1.807, 2.05) is 23.6 Å². The normalized spacial score (nSPS) is 11.2. The molecule has 26 heavy (non-hydrogen) atoms. The Kier molecular flexibility index (Phi) is 5.15. The maximum atomic E-state index is 4.63. The quantitative estimate of drug-likeness (QED) is 0.453. The molecule has 0 atom stereocenters. The maximum Gasteiger partial charge on any atom is 0.177 e. The van der Waals surface area contributed by atoms with Crippen LogP contribution in [-0.2, 0) is 0 Å². The van der Waals surface area contributed by atoms with Crippen molar-refractivity contribution in [3.05, 3.63) is 115 Å². The van der Waals surface area contributed by atoms with Gasteiger partial charge in [0.1, 0.15) is 20.9 Å². The number of hydrogen-bond acceptors (Lipinski definition) is 2. The van der Waals surface area contributed by atoms with Crippen molar-refractivity contribution in [3.63, 3.8) is 0 Å². The van der Waals surface area contributed by atoms with Crippen LogP contribution in [0.5, 0.6) is 0 Å². The van der Waals surface area contributed by atoms with Crippen LogP contribution >= 0.6 is 17.8 Å². The molecule has 4 aromatic rings. The van der Waals surface area contributed by atoms with Crippen LogP contribution in [0.3, 0.4) is 0 Å². The Morgan fingerprint density at radius 1 is 0.500 bits per heavy atom. The smallest absolute Gasteiger partial charge is 0.177 e. The van der Waals surface area contributed by atoms with Crippen molar-refractivity contribution < 1.29 is 0 Å². The highest BCUT2D eigenvalue weighted by Gasteiger charge is 2.48. The molecule has 0 saturated carbocycles. The summed E-state index contributed by atoms with van der Waals surface area (Å²) >= 11 is 1.90. The second-order valence-corrected chi connectivity index (χ2v) is 11.4. The largest absolute Gasteiger partial charge is 0.246 e. The molecule has 0 aliphatic carbocycles. The number of benzene rings is 3. The molecule has 0 radical (unpaired) electrons. The standard InChI is InChI=1S/C23H19NPS/c1-4-12-20(13-5-1)25(21-14-6-2-7-15-21,22-16-8-3-9-17-22)26-23-18-10-11-19-24-23/h1-19H/q+1. The van der Waals surface area contributed by atoms with Gasteiger partial charge >= 0.3 is 0 Å². The Hall–Kier alpha value is -2.41. The van der Waals surface area contributed by atoms with E-state index in [1.54, 1.807) is 0 Å². The van der Waals surface area contributed by atoms with E-state index in [0.717, 1.165) is 5.03 Å². The van der Waals surface area contributed by atoms with Crippen LogP contribution in [0.25, 0.3) is 0 Å². The molecular formula is C23H19NPS+. The van der Waals surface area contributed by atoms with Crippen LogP contribution in [0, 0.1) is 0 Å². The lowest BCUT2D eigenvalue weighted by Crippen LogP contribution is -2.28. The molecule has 0 fully saturated rings. The van der Waals surface area contributed by atoms with Gasteiger partial charge in [-0.15, -0.1) is 0 Å². The summed E-state index contributed by atoms with van der Waals surface area (Å²) in [7, 11) is 0. The van der Waals surface area contributed by atoms with Crippen LogP contribution in [0.1, 0.15) is 0 Å². The average Bonchev–Trinajstić information content (AvgIpc) is 2.75. The molecule has 0 aliphatic heterocycles. The van der Waals surface area contributed by atoms with Crippen molar-refractivity contribution in [3.8, 4) is 0 Å². The highest BCUT2D eigenvalue weighted by Crippen LogP contribution is 2.68. The first-order valence-corrected chi connectivity index (χ1v) is 11.8. The second-order valence-electron chi connectivity index (χ2n) is 5.88. The number of rotatable bonds is 5. The molecule has 0 N–H and O–H groups in total. The van der Waals surface area contributed by atoms with Gasteiger partial charge in [-0.05, 0) is 48.5 Å². The highest BCUT2D eigenvalue weighted by molar-refractivity contribution is 8.69. The summed E-state index contributed by atoms with van der Waals surface area (Å²) in [6.07, 6.45) is 1.87. The first-order valence-electron chi connectivity index (χ1n) is 8.56. The van der Waals surface area contributed by atoms with Gasteiger partial charge in [0.05, 0.1) is 11.4 Å². The van der Waals surface area contributed by atoms with Crippen LogP contribution in [-0.4, -0.2) is 4.98 Å². The molecule has 3 heteroatoms. The zero-order chi connectivity index (χ0) is 17.7. The topological polar surface area (TPSA) is 12.9 Å². The summed E-state index contributed by atoms with van der Waals surface area (Å²) in [6, 6.07) is 38.7. The molecule has 0 amide bonds. The molecule has 0 aliphatic rings. The molecule has 3 aromatic carbocycles. The van der Waals surface area contributed by atoms with E-state index >= 15 is 0 Å². The Labute approximate surface area is 159 Å². The van der Waals surface area contributed by atoms with Crippen LogP contribution in [0.4, 0.5) is 0 Å². The predicted molar refractivity (Wildman–Crippen MR) is 115 cm³/mol. The second kappa shape index (κ2) is 7.86. The molecular weight excluding hydrogens is 353 g/mol. The van der Waals surface area contributed by atoms with Crippen molar-refractivity contribution in [2.45, 2.75) is 5.03 Å². The van der Waals surface area contributed by atoms with Crippen molar-refractivity contribution in [2.24, 2.45) is 0 Å². The Morgan fingerprint density at radius 2 is 0.923 bits per heavy atom. The zero-order valence-corrected chi connectivity index (χ0v) is 16.0. The third-order valence-corrected chi connectivity index (χ3v) is 11.3. The zero-order valence-electron chi connectivity index (χ0n) is 14.3. The summed E-state index contributed by atoms with van der Waals surface area (Å²) in [5, 5.41) is 5.12. The van der Waals surface area contributed by atoms with Crippen LogP contribution < -0.4 is 15.9 Å². The molecule has 1 aromatic heterocycles. The van der Waals surface area contributed by atoms with Gasteiger partial charge in [-0.25, -0.2) is 4.98 Å². The maximum absolute atomic E-state index is 4.63. The molecule has 4 rings (SSSR count). The van der Waals surface area contributed by atoms with E-state index in [9.17, 15) is 0 Å². The van der Waals surface area contributed by atoms with Gasteiger partial charge in [0.15, 0.2) is 6.46 Å². The van der Waals surface area contributed by atoms with Gasteiger partial charge in [-0.3, -0.25) is 0 Å². The fourth-order valence-corrected chi connectivity index (χ4v) is 9.79. The first kappa shape index (κ1) is 17.0. The van der Waals surface area contributed by atoms with Gasteiger partial charge in [-0.2, -0.15) is 0 Å². The van der Waals surface area contributed by atoms with E-state index in [1.165, 1.54) is 15.9 Å². The molecule has 1 heterocycles. The van der Waals surface area contributed by atoms with Gasteiger partial charge in [0, 0.05) is 6.20 Å². The lowest BCUT2D eigenvalue weighted by Gasteiger charge is -2.25. The Bertz CT molecular complexity index is 848. The van der Waals surface area contributed by atoms with E-state index in [4.69, 9.17) is 0 Å². The minimum absolute atomic E-state index is 1.05. The van der Waals surface area contributed by atoms with Gasteiger partial charge in [0.2, 0.25) is 0 Å². The lowest BCUT2D eigenvalue weighted by molar-refractivity contribution is 1.14. The van der Waals surface area contributed by atoms with Crippen LogP contribution in [0.15, 0.2) is 120 Å². The van der Waals surface area contributed by atoms with E-state index in [-0.39, 0.29) is 0 Å². The SMILES string of the molecule is c1ccc([P+](Sc2ccccn2)(c2ccccc2)c2ccccc2)cc1. The molecule has 0 spiro atoms. The highest BCUT2D eigenvalue weighted by atomic mass is 32.7. The third kappa shape index (κ3) is 3.31. The fourth-order valence-electron chi connectivity index (χ4n) is 3.06. The summed E-state index contributed by atoms with van der Waals surface area (Å²) in [4.78, 5) is 4.63. The van der Waals surface area contributed by atoms with E-state index in [0.29, 0.717) is 0 Å². The van der Waals surface area contributed by atoms with Gasteiger partial charge in [-0.1, -0.05) is 60.7 Å². The van der Waals surface area contributed by atoms with Crippen molar-refractivity contribution in [2.75, 3.05) is 0 Å². The van der Waals surface area contributed by atoms with Crippen molar-refractivity contribution in [1.29, 1.82) is 0 Å². The number of pyridine rings is 1. The van der Waals surface area contributed by atoms with Crippen molar-refractivity contribution in [1.82, 2.24) is 4.98 Å². The minimum atomic E-state index is -1.92. The summed E-state index contributed by atoms with van der Waals surface area (Å²) in [5.41, 5.74) is 0. The molecule has 0 saturated heterocycles. The third-order valence-electron chi connectivity index (χ3n) is 4.23. The lowest BCUT2D eigenvalue weighted by atomic mass is 10.4. The number of nitrogens with zero attached hydrogens (tertiary/aromatic N) is 1. The van der Waals surface area contributed by atoms with E-state index in [2.05, 4.69) is 108 Å². The van der Waals surface area contributed by atoms with E-state index < -0.39 is 6.46 Å². The Morgan fingerprint density at radius 3 is 1.31 bits per heavy atom. The number of hydrogen-bond donors (Lipinski definition) is 0. The average molecular weight is 372 g/mol. The monoisotopic (exact) mass is 372 g/mol. The summed E-state index contributed by atoms with van der Waals surface area (Å²) in [5.74, 6) is 0. The predicted octanol–water partition coefficient (Wildman–Crippen LogP) is 5.08. The molecule has 1 nitrogen and oxygen atoms in total. The molecule has 126 valence electrons. The molecule has 0 bridgehead atoms. The van der Waals surface area contributed by atoms with Crippen molar-refractivity contribution >= 4 is 33.8 Å². The molecule has 0 unspecified atom stereocenters. The van der Waals surface area contributed by atoms with Gasteiger partial charge in [0.25, 0.3) is 0 Å². The minimum Gasteiger partial charge on any atom is -0.246 e.